The number of rotatable bonds is 10. The lowest BCUT2D eigenvalue weighted by atomic mass is 9.82. The molecular weight excluding hydrogens is 515 g/mol. The van der Waals surface area contributed by atoms with Gasteiger partial charge in [0.2, 0.25) is 16.0 Å². The van der Waals surface area contributed by atoms with Crippen LogP contribution in [0.1, 0.15) is 45.1 Å². The van der Waals surface area contributed by atoms with Gasteiger partial charge in [0.15, 0.2) is 0 Å². The average Bonchev–Trinajstić information content (AvgIpc) is 2.91. The standard InChI is InChI=1S/C27H34F3N5O2S/c1-3-35(4-2)25-21-9-5-7-11-23(21)33-26(34-25)31-17-19-13-15-20(16-14-19)18-32-38(36,37)24-12-8-6-10-22(24)27(28,29)30/h5-12,19-20,32H,3-4,13-18H2,1-2H3,(H,31,33,34). The predicted octanol–water partition coefficient (Wildman–Crippen LogP) is 5.69. The molecule has 2 aromatic carbocycles. The number of fused-ring (bicyclic) bond motifs is 1. The Balaban J connectivity index is 1.33. The first-order valence-electron chi connectivity index (χ1n) is 13.0. The number of anilines is 2. The molecule has 0 unspecified atom stereocenters. The lowest BCUT2D eigenvalue weighted by molar-refractivity contribution is -0.139. The fourth-order valence-electron chi connectivity index (χ4n) is 5.02. The van der Waals surface area contributed by atoms with E-state index in [1.54, 1.807) is 0 Å². The molecule has 1 saturated carbocycles. The number of benzene rings is 2. The van der Waals surface area contributed by atoms with Crippen LogP contribution in [0.5, 0.6) is 0 Å². The zero-order chi connectivity index (χ0) is 27.3. The number of alkyl halides is 3. The van der Waals surface area contributed by atoms with Crippen molar-refractivity contribution in [1.29, 1.82) is 0 Å². The van der Waals surface area contributed by atoms with Crippen molar-refractivity contribution in [3.63, 3.8) is 0 Å². The van der Waals surface area contributed by atoms with Crippen LogP contribution in [-0.2, 0) is 16.2 Å². The minimum atomic E-state index is -4.74. The van der Waals surface area contributed by atoms with Crippen LogP contribution in [0, 0.1) is 11.8 Å². The van der Waals surface area contributed by atoms with E-state index in [0.717, 1.165) is 67.6 Å². The molecule has 2 N–H and O–H groups in total. The van der Waals surface area contributed by atoms with Gasteiger partial charge in [-0.2, -0.15) is 18.2 Å². The summed E-state index contributed by atoms with van der Waals surface area (Å²) in [4.78, 5) is 11.0. The first kappa shape index (κ1) is 28.1. The molecular formula is C27H34F3N5O2S. The zero-order valence-corrected chi connectivity index (χ0v) is 22.4. The van der Waals surface area contributed by atoms with E-state index in [1.807, 2.05) is 24.3 Å². The van der Waals surface area contributed by atoms with Crippen LogP contribution in [0.4, 0.5) is 24.9 Å². The number of sulfonamides is 1. The first-order valence-corrected chi connectivity index (χ1v) is 14.5. The maximum atomic E-state index is 13.3. The molecule has 1 aromatic heterocycles. The Kier molecular flexibility index (Phi) is 8.77. The molecule has 0 atom stereocenters. The SMILES string of the molecule is CCN(CC)c1nc(NCC2CCC(CNS(=O)(=O)c3ccccc3C(F)(F)F)CC2)nc2ccccc12. The van der Waals surface area contributed by atoms with Crippen LogP contribution < -0.4 is 14.9 Å². The second-order valence-corrected chi connectivity index (χ2v) is 11.4. The van der Waals surface area contributed by atoms with Crippen LogP contribution in [0.15, 0.2) is 53.4 Å². The third-order valence-corrected chi connectivity index (χ3v) is 8.69. The highest BCUT2D eigenvalue weighted by molar-refractivity contribution is 7.89. The largest absolute Gasteiger partial charge is 0.417 e. The molecule has 206 valence electrons. The number of aromatic nitrogens is 2. The lowest BCUT2D eigenvalue weighted by Gasteiger charge is -2.29. The molecule has 0 radical (unpaired) electrons. The number of hydrogen-bond donors (Lipinski definition) is 2. The van der Waals surface area contributed by atoms with Gasteiger partial charge in [-0.05, 0) is 75.6 Å². The Morgan fingerprint density at radius 3 is 2.16 bits per heavy atom. The Morgan fingerprint density at radius 1 is 0.895 bits per heavy atom. The Labute approximate surface area is 221 Å². The van der Waals surface area contributed by atoms with Gasteiger partial charge in [-0.25, -0.2) is 18.1 Å². The van der Waals surface area contributed by atoms with Crippen molar-refractivity contribution in [1.82, 2.24) is 14.7 Å². The van der Waals surface area contributed by atoms with E-state index in [9.17, 15) is 21.6 Å². The van der Waals surface area contributed by atoms with Crippen molar-refractivity contribution in [2.45, 2.75) is 50.6 Å². The van der Waals surface area contributed by atoms with Gasteiger partial charge in [-0.1, -0.05) is 24.3 Å². The third kappa shape index (κ3) is 6.55. The molecule has 3 aromatic rings. The van der Waals surface area contributed by atoms with Gasteiger partial charge in [0, 0.05) is 31.6 Å². The van der Waals surface area contributed by atoms with E-state index >= 15 is 0 Å². The van der Waals surface area contributed by atoms with Crippen LogP contribution in [0.25, 0.3) is 10.9 Å². The minimum absolute atomic E-state index is 0.0743. The van der Waals surface area contributed by atoms with Crippen molar-refractivity contribution in [3.8, 4) is 0 Å². The van der Waals surface area contributed by atoms with Gasteiger partial charge < -0.3 is 10.2 Å². The molecule has 0 spiro atoms. The van der Waals surface area contributed by atoms with Crippen molar-refractivity contribution < 1.29 is 21.6 Å². The first-order chi connectivity index (χ1) is 18.1. The topological polar surface area (TPSA) is 87.2 Å². The van der Waals surface area contributed by atoms with Gasteiger partial charge >= 0.3 is 6.18 Å². The van der Waals surface area contributed by atoms with Crippen molar-refractivity contribution >= 4 is 32.7 Å². The molecule has 0 amide bonds. The summed E-state index contributed by atoms with van der Waals surface area (Å²) in [7, 11) is -4.27. The molecule has 1 aliphatic rings. The van der Waals surface area contributed by atoms with E-state index in [-0.39, 0.29) is 12.5 Å². The van der Waals surface area contributed by atoms with Crippen molar-refractivity contribution in [3.05, 3.63) is 54.1 Å². The minimum Gasteiger partial charge on any atom is -0.356 e. The van der Waals surface area contributed by atoms with E-state index in [4.69, 9.17) is 9.97 Å². The summed E-state index contributed by atoms with van der Waals surface area (Å²) in [5, 5.41) is 4.41. The fourth-order valence-corrected chi connectivity index (χ4v) is 6.36. The molecule has 0 aliphatic heterocycles. The number of nitrogens with zero attached hydrogens (tertiary/aromatic N) is 3. The summed E-state index contributed by atoms with van der Waals surface area (Å²) < 4.78 is 67.5. The average molecular weight is 550 g/mol. The summed E-state index contributed by atoms with van der Waals surface area (Å²) in [6, 6.07) is 12.2. The van der Waals surface area contributed by atoms with E-state index in [2.05, 4.69) is 28.8 Å². The number of halogens is 3. The predicted molar refractivity (Wildman–Crippen MR) is 144 cm³/mol. The molecule has 0 saturated heterocycles. The maximum Gasteiger partial charge on any atom is 0.417 e. The van der Waals surface area contributed by atoms with E-state index in [0.29, 0.717) is 18.4 Å². The van der Waals surface area contributed by atoms with Crippen LogP contribution >= 0.6 is 0 Å². The Hall–Kier alpha value is -2.92. The molecule has 4 rings (SSSR count). The quantitative estimate of drug-likeness (QED) is 0.338. The zero-order valence-electron chi connectivity index (χ0n) is 21.6. The van der Waals surface area contributed by atoms with Gasteiger partial charge in [-0.15, -0.1) is 0 Å². The smallest absolute Gasteiger partial charge is 0.356 e. The number of para-hydroxylation sites is 1. The van der Waals surface area contributed by atoms with E-state index in [1.165, 1.54) is 12.1 Å². The summed E-state index contributed by atoms with van der Waals surface area (Å²) >= 11 is 0. The van der Waals surface area contributed by atoms with E-state index < -0.39 is 26.7 Å². The fraction of sp³-hybridized carbons (Fsp3) is 0.481. The highest BCUT2D eigenvalue weighted by atomic mass is 32.2. The molecule has 38 heavy (non-hydrogen) atoms. The Morgan fingerprint density at radius 2 is 1.50 bits per heavy atom. The van der Waals surface area contributed by atoms with Gasteiger partial charge in [0.25, 0.3) is 0 Å². The number of hydrogen-bond acceptors (Lipinski definition) is 6. The molecule has 1 fully saturated rings. The Bertz CT molecular complexity index is 1340. The second kappa shape index (κ2) is 11.9. The monoisotopic (exact) mass is 549 g/mol. The molecule has 1 aliphatic carbocycles. The molecule has 0 bridgehead atoms. The summed E-state index contributed by atoms with van der Waals surface area (Å²) in [6.07, 6.45) is -1.39. The second-order valence-electron chi connectivity index (χ2n) is 9.67. The highest BCUT2D eigenvalue weighted by Gasteiger charge is 2.37. The van der Waals surface area contributed by atoms with Gasteiger partial charge in [-0.3, -0.25) is 0 Å². The summed E-state index contributed by atoms with van der Waals surface area (Å²) in [5.41, 5.74) is -0.266. The normalized spacial score (nSPS) is 18.4. The molecule has 7 nitrogen and oxygen atoms in total. The maximum absolute atomic E-state index is 13.3. The third-order valence-electron chi connectivity index (χ3n) is 7.21. The summed E-state index contributed by atoms with van der Waals surface area (Å²) in [5.74, 6) is 1.95. The summed E-state index contributed by atoms with van der Waals surface area (Å²) in [6.45, 7) is 6.70. The highest BCUT2D eigenvalue weighted by Crippen LogP contribution is 2.34. The van der Waals surface area contributed by atoms with Gasteiger partial charge in [0.1, 0.15) is 5.82 Å². The van der Waals surface area contributed by atoms with Crippen LogP contribution in [0.3, 0.4) is 0 Å². The van der Waals surface area contributed by atoms with Crippen LogP contribution in [0.2, 0.25) is 0 Å². The molecule has 11 heteroatoms. The van der Waals surface area contributed by atoms with Crippen molar-refractivity contribution in [2.75, 3.05) is 36.4 Å². The number of nitrogens with one attached hydrogen (secondary N) is 2. The van der Waals surface area contributed by atoms with Crippen molar-refractivity contribution in [2.24, 2.45) is 11.8 Å². The molecule has 1 heterocycles. The van der Waals surface area contributed by atoms with Crippen LogP contribution in [-0.4, -0.2) is 44.6 Å². The van der Waals surface area contributed by atoms with Gasteiger partial charge in [0.05, 0.1) is 16.0 Å². The lowest BCUT2D eigenvalue weighted by Crippen LogP contribution is -2.33.